The first kappa shape index (κ1) is 21.4. The lowest BCUT2D eigenvalue weighted by molar-refractivity contribution is 0.160. The van der Waals surface area contributed by atoms with Gasteiger partial charge in [-0.15, -0.1) is 0 Å². The van der Waals surface area contributed by atoms with Gasteiger partial charge >= 0.3 is 0 Å². The fourth-order valence-corrected chi connectivity index (χ4v) is 4.65. The molecule has 2 aromatic carbocycles. The third-order valence-corrected chi connectivity index (χ3v) is 6.10. The molecule has 3 heteroatoms. The average molecular weight is 392 g/mol. The van der Waals surface area contributed by atoms with Gasteiger partial charge in [0.15, 0.2) is 0 Å². The summed E-state index contributed by atoms with van der Waals surface area (Å²) in [7, 11) is 0. The van der Waals surface area contributed by atoms with Crippen LogP contribution in [0.4, 0.5) is 0 Å². The highest BCUT2D eigenvalue weighted by atomic mass is 16.5. The Morgan fingerprint density at radius 2 is 1.79 bits per heavy atom. The Bertz CT molecular complexity index is 808. The topological polar surface area (TPSA) is 33.8 Å². The number of aryl methyl sites for hydroxylation is 1. The highest BCUT2D eigenvalue weighted by Crippen LogP contribution is 2.48. The Balaban J connectivity index is 1.82. The largest absolute Gasteiger partial charge is 0.494 e. The Hall–Kier alpha value is -2.31. The zero-order chi connectivity index (χ0) is 20.6. The van der Waals surface area contributed by atoms with E-state index in [0.717, 1.165) is 23.3 Å². The van der Waals surface area contributed by atoms with Crippen LogP contribution in [0.15, 0.2) is 48.5 Å². The number of ether oxygens (including phenoxy) is 1. The summed E-state index contributed by atoms with van der Waals surface area (Å²) in [4.78, 5) is 3.87. The van der Waals surface area contributed by atoms with Crippen LogP contribution in [0.5, 0.6) is 5.75 Å². The average Bonchev–Trinajstić information content (AvgIpc) is 3.08. The smallest absolute Gasteiger partial charge is 0.233 e. The zero-order valence-corrected chi connectivity index (χ0v) is 17.7. The Kier molecular flexibility index (Phi) is 7.72. The molecule has 3 rings (SSSR count). The highest BCUT2D eigenvalue weighted by molar-refractivity contribution is 5.39. The van der Waals surface area contributed by atoms with Crippen molar-refractivity contribution < 1.29 is 9.84 Å². The number of hydrogen-bond donors (Lipinski definition) is 1. The van der Waals surface area contributed by atoms with Gasteiger partial charge in [-0.05, 0) is 48.6 Å². The molecule has 0 spiro atoms. The third kappa shape index (κ3) is 5.19. The van der Waals surface area contributed by atoms with Crippen LogP contribution in [0, 0.1) is 6.57 Å². The van der Waals surface area contributed by atoms with E-state index < -0.39 is 6.10 Å². The lowest BCUT2D eigenvalue weighted by Crippen LogP contribution is -2.18. The second-order valence-electron chi connectivity index (χ2n) is 8.11. The van der Waals surface area contributed by atoms with Crippen molar-refractivity contribution in [2.24, 2.45) is 0 Å². The summed E-state index contributed by atoms with van der Waals surface area (Å²) in [6.45, 7) is 12.5. The molecule has 4 atom stereocenters. The predicted molar refractivity (Wildman–Crippen MR) is 118 cm³/mol. The second-order valence-corrected chi connectivity index (χ2v) is 8.11. The summed E-state index contributed by atoms with van der Waals surface area (Å²) < 4.78 is 5.67. The van der Waals surface area contributed by atoms with E-state index in [4.69, 9.17) is 11.3 Å². The van der Waals surface area contributed by atoms with Crippen molar-refractivity contribution in [3.8, 4) is 5.75 Å². The van der Waals surface area contributed by atoms with Gasteiger partial charge in [-0.1, -0.05) is 62.6 Å². The van der Waals surface area contributed by atoms with Gasteiger partial charge in [-0.2, -0.15) is 0 Å². The second kappa shape index (κ2) is 10.5. The molecule has 154 valence electrons. The minimum atomic E-state index is -0.495. The molecule has 0 aromatic heterocycles. The van der Waals surface area contributed by atoms with E-state index >= 15 is 0 Å². The lowest BCUT2D eigenvalue weighted by atomic mass is 9.81. The number of rotatable bonds is 9. The molecular formula is C26H33NO2. The van der Waals surface area contributed by atoms with Crippen LogP contribution in [0.3, 0.4) is 0 Å². The molecule has 1 saturated carbocycles. The molecule has 1 fully saturated rings. The maximum absolute atomic E-state index is 10.8. The molecule has 0 bridgehead atoms. The van der Waals surface area contributed by atoms with E-state index in [1.165, 1.54) is 31.2 Å². The SMILES string of the molecule is [C-]#[N+][C@@H]1C[C@@H](O)C(c2ccc(CCCCCC)cc2)C1c1cccc(OCC)c1. The van der Waals surface area contributed by atoms with Gasteiger partial charge in [0.25, 0.3) is 0 Å². The molecular weight excluding hydrogens is 358 g/mol. The third-order valence-electron chi connectivity index (χ3n) is 6.10. The monoisotopic (exact) mass is 391 g/mol. The van der Waals surface area contributed by atoms with Gasteiger partial charge < -0.3 is 14.7 Å². The molecule has 29 heavy (non-hydrogen) atoms. The number of hydrogen-bond acceptors (Lipinski definition) is 2. The van der Waals surface area contributed by atoms with E-state index in [1.54, 1.807) is 0 Å². The minimum absolute atomic E-state index is 0.0155. The molecule has 2 aromatic rings. The predicted octanol–water partition coefficient (Wildman–Crippen LogP) is 6.13. The van der Waals surface area contributed by atoms with Crippen LogP contribution in [-0.4, -0.2) is 23.9 Å². The van der Waals surface area contributed by atoms with Gasteiger partial charge in [0.1, 0.15) is 5.75 Å². The zero-order valence-electron chi connectivity index (χ0n) is 17.7. The van der Waals surface area contributed by atoms with E-state index in [2.05, 4.69) is 42.1 Å². The lowest BCUT2D eigenvalue weighted by Gasteiger charge is -2.23. The van der Waals surface area contributed by atoms with Crippen molar-refractivity contribution in [3.63, 3.8) is 0 Å². The first-order chi connectivity index (χ1) is 14.2. The highest BCUT2D eigenvalue weighted by Gasteiger charge is 2.48. The van der Waals surface area contributed by atoms with Gasteiger partial charge in [0.05, 0.1) is 25.0 Å². The first-order valence-electron chi connectivity index (χ1n) is 11.0. The van der Waals surface area contributed by atoms with Crippen molar-refractivity contribution in [2.45, 2.75) is 76.4 Å². The number of aliphatic hydroxyl groups is 1. The van der Waals surface area contributed by atoms with Gasteiger partial charge in [-0.3, -0.25) is 0 Å². The molecule has 1 aliphatic carbocycles. The number of nitrogens with zero attached hydrogens (tertiary/aromatic N) is 1. The molecule has 0 heterocycles. The summed E-state index contributed by atoms with van der Waals surface area (Å²) >= 11 is 0. The molecule has 0 saturated heterocycles. The maximum Gasteiger partial charge on any atom is 0.233 e. The molecule has 0 aliphatic heterocycles. The normalized spacial score (nSPS) is 23.7. The van der Waals surface area contributed by atoms with Crippen molar-refractivity contribution in [1.82, 2.24) is 0 Å². The Morgan fingerprint density at radius 3 is 2.48 bits per heavy atom. The molecule has 0 radical (unpaired) electrons. The molecule has 2 unspecified atom stereocenters. The summed E-state index contributed by atoms with van der Waals surface area (Å²) in [5, 5.41) is 10.8. The van der Waals surface area contributed by atoms with E-state index in [-0.39, 0.29) is 17.9 Å². The standard InChI is InChI=1S/C26H33NO2/c1-4-6-7-8-10-19-13-15-20(16-14-19)26-24(28)18-23(27-3)25(26)21-11-9-12-22(17-21)29-5-2/h9,11-17,23-26,28H,4-8,10,18H2,1-2H3/t23-,24-,25?,26?/m1/s1. The van der Waals surface area contributed by atoms with Crippen LogP contribution in [0.1, 0.15) is 74.5 Å². The fourth-order valence-electron chi connectivity index (χ4n) is 4.65. The molecule has 1 N–H and O–H groups in total. The summed E-state index contributed by atoms with van der Waals surface area (Å²) in [5.41, 5.74) is 3.57. The van der Waals surface area contributed by atoms with Crippen molar-refractivity contribution in [1.29, 1.82) is 0 Å². The van der Waals surface area contributed by atoms with Crippen LogP contribution in [-0.2, 0) is 6.42 Å². The van der Waals surface area contributed by atoms with Crippen molar-refractivity contribution in [3.05, 3.63) is 76.6 Å². The van der Waals surface area contributed by atoms with Gasteiger partial charge in [0.2, 0.25) is 6.04 Å². The first-order valence-corrected chi connectivity index (χ1v) is 11.0. The molecule has 0 amide bonds. The maximum atomic E-state index is 10.8. The van der Waals surface area contributed by atoms with Gasteiger partial charge in [-0.25, -0.2) is 6.57 Å². The minimum Gasteiger partial charge on any atom is -0.494 e. The van der Waals surface area contributed by atoms with Crippen molar-refractivity contribution in [2.75, 3.05) is 6.61 Å². The fraction of sp³-hybridized carbons (Fsp3) is 0.500. The van der Waals surface area contributed by atoms with Crippen molar-refractivity contribution >= 4 is 0 Å². The summed E-state index contributed by atoms with van der Waals surface area (Å²) in [6.07, 6.45) is 6.20. The van der Waals surface area contributed by atoms with E-state index in [1.807, 2.05) is 25.1 Å². The number of aliphatic hydroxyl groups excluding tert-OH is 1. The quantitative estimate of drug-likeness (QED) is 0.412. The molecule has 1 aliphatic rings. The van der Waals surface area contributed by atoms with Crippen LogP contribution < -0.4 is 4.74 Å². The Morgan fingerprint density at radius 1 is 1.00 bits per heavy atom. The summed E-state index contributed by atoms with van der Waals surface area (Å²) in [5.74, 6) is 0.759. The van der Waals surface area contributed by atoms with E-state index in [9.17, 15) is 5.11 Å². The Labute approximate surface area is 175 Å². The number of unbranched alkanes of at least 4 members (excludes halogenated alkanes) is 3. The molecule has 3 nitrogen and oxygen atoms in total. The van der Waals surface area contributed by atoms with Gasteiger partial charge in [0, 0.05) is 5.92 Å². The summed E-state index contributed by atoms with van der Waals surface area (Å²) in [6, 6.07) is 16.6. The van der Waals surface area contributed by atoms with Crippen LogP contribution >= 0.6 is 0 Å². The van der Waals surface area contributed by atoms with E-state index in [0.29, 0.717) is 13.0 Å². The van der Waals surface area contributed by atoms with Crippen LogP contribution in [0.25, 0.3) is 4.85 Å². The van der Waals surface area contributed by atoms with Crippen LogP contribution in [0.2, 0.25) is 0 Å². The number of benzene rings is 2.